The second-order valence-corrected chi connectivity index (χ2v) is 5.39. The van der Waals surface area contributed by atoms with Crippen LogP contribution in [0.5, 0.6) is 0 Å². The minimum atomic E-state index is 0.164. The Morgan fingerprint density at radius 2 is 1.88 bits per heavy atom. The highest BCUT2D eigenvalue weighted by Crippen LogP contribution is 2.39. The summed E-state index contributed by atoms with van der Waals surface area (Å²) in [5, 5.41) is 0.811. The van der Waals surface area contributed by atoms with Crippen LogP contribution in [0.15, 0.2) is 24.3 Å². The van der Waals surface area contributed by atoms with Gasteiger partial charge in [0.2, 0.25) is 0 Å². The number of Topliss-reactive ketones (excluding diaryl/α,β-unsaturated/α-hetero) is 1. The largest absolute Gasteiger partial charge is 0.300 e. The minimum Gasteiger partial charge on any atom is -0.300 e. The smallest absolute Gasteiger partial charge is 0.133 e. The number of carbonyl (C=O) groups is 1. The lowest BCUT2D eigenvalue weighted by Crippen LogP contribution is -2.19. The highest BCUT2D eigenvalue weighted by molar-refractivity contribution is 6.31. The number of ketones is 1. The third-order valence-electron chi connectivity index (χ3n) is 3.84. The van der Waals surface area contributed by atoms with Gasteiger partial charge in [0.15, 0.2) is 0 Å². The Hall–Kier alpha value is -0.820. The third kappa shape index (κ3) is 2.90. The SMILES string of the molecule is CC(=O)C1CCCCCC1c1ccccc1Cl. The monoisotopic (exact) mass is 250 g/mol. The molecule has 0 aromatic heterocycles. The van der Waals surface area contributed by atoms with E-state index in [9.17, 15) is 4.79 Å². The molecule has 2 unspecified atom stereocenters. The highest BCUT2D eigenvalue weighted by Gasteiger charge is 2.29. The molecule has 0 radical (unpaired) electrons. The second-order valence-electron chi connectivity index (χ2n) is 4.98. The fraction of sp³-hybridized carbons (Fsp3) is 0.533. The van der Waals surface area contributed by atoms with E-state index in [0.29, 0.717) is 11.7 Å². The zero-order valence-corrected chi connectivity index (χ0v) is 11.0. The quantitative estimate of drug-likeness (QED) is 0.702. The topological polar surface area (TPSA) is 17.1 Å². The van der Waals surface area contributed by atoms with Crippen LogP contribution in [0, 0.1) is 5.92 Å². The first-order chi connectivity index (χ1) is 8.20. The van der Waals surface area contributed by atoms with Crippen LogP contribution < -0.4 is 0 Å². The molecule has 2 atom stereocenters. The lowest BCUT2D eigenvalue weighted by Gasteiger charge is -2.24. The lowest BCUT2D eigenvalue weighted by molar-refractivity contribution is -0.121. The van der Waals surface area contributed by atoms with Gasteiger partial charge in [0, 0.05) is 10.9 Å². The van der Waals surface area contributed by atoms with E-state index >= 15 is 0 Å². The molecular formula is C15H19ClO. The van der Waals surface area contributed by atoms with Crippen LogP contribution in [0.25, 0.3) is 0 Å². The molecule has 0 spiro atoms. The molecule has 17 heavy (non-hydrogen) atoms. The predicted octanol–water partition coefficient (Wildman–Crippen LogP) is 4.59. The molecule has 0 bridgehead atoms. The maximum Gasteiger partial charge on any atom is 0.133 e. The van der Waals surface area contributed by atoms with Crippen molar-refractivity contribution < 1.29 is 4.79 Å². The Morgan fingerprint density at radius 1 is 1.18 bits per heavy atom. The number of benzene rings is 1. The number of hydrogen-bond donors (Lipinski definition) is 0. The summed E-state index contributed by atoms with van der Waals surface area (Å²) in [6.45, 7) is 1.72. The van der Waals surface area contributed by atoms with Crippen molar-refractivity contribution in [2.24, 2.45) is 5.92 Å². The van der Waals surface area contributed by atoms with Crippen LogP contribution in [0.2, 0.25) is 5.02 Å². The van der Waals surface area contributed by atoms with Gasteiger partial charge in [-0.1, -0.05) is 49.1 Å². The Labute approximate surface area is 108 Å². The zero-order chi connectivity index (χ0) is 12.3. The van der Waals surface area contributed by atoms with Crippen molar-refractivity contribution in [2.75, 3.05) is 0 Å². The van der Waals surface area contributed by atoms with Crippen LogP contribution >= 0.6 is 11.6 Å². The van der Waals surface area contributed by atoms with Gasteiger partial charge in [-0.25, -0.2) is 0 Å². The molecule has 1 aromatic carbocycles. The summed E-state index contributed by atoms with van der Waals surface area (Å²) < 4.78 is 0. The first kappa shape index (κ1) is 12.6. The fourth-order valence-electron chi connectivity index (χ4n) is 2.94. The van der Waals surface area contributed by atoms with Crippen LogP contribution in [0.1, 0.15) is 50.5 Å². The molecule has 1 nitrogen and oxygen atoms in total. The normalized spacial score (nSPS) is 25.3. The average molecular weight is 251 g/mol. The summed E-state index contributed by atoms with van der Waals surface area (Å²) in [6, 6.07) is 7.97. The van der Waals surface area contributed by atoms with Gasteiger partial charge in [-0.3, -0.25) is 4.79 Å². The van der Waals surface area contributed by atoms with Gasteiger partial charge in [0.25, 0.3) is 0 Å². The van der Waals surface area contributed by atoms with Gasteiger partial charge >= 0.3 is 0 Å². The van der Waals surface area contributed by atoms with Crippen LogP contribution in [0.4, 0.5) is 0 Å². The molecule has 1 fully saturated rings. The minimum absolute atomic E-state index is 0.164. The maximum atomic E-state index is 11.8. The van der Waals surface area contributed by atoms with E-state index in [1.54, 1.807) is 6.92 Å². The third-order valence-corrected chi connectivity index (χ3v) is 4.19. The van der Waals surface area contributed by atoms with Crippen molar-refractivity contribution in [2.45, 2.75) is 44.9 Å². The van der Waals surface area contributed by atoms with Crippen molar-refractivity contribution >= 4 is 17.4 Å². The van der Waals surface area contributed by atoms with E-state index in [4.69, 9.17) is 11.6 Å². The van der Waals surface area contributed by atoms with Crippen molar-refractivity contribution in [3.05, 3.63) is 34.9 Å². The fourth-order valence-corrected chi connectivity index (χ4v) is 3.22. The number of halogens is 1. The molecule has 0 amide bonds. The Bertz CT molecular complexity index is 400. The molecule has 0 saturated heterocycles. The molecule has 1 aliphatic rings. The summed E-state index contributed by atoms with van der Waals surface area (Å²) in [7, 11) is 0. The van der Waals surface area contributed by atoms with E-state index in [1.807, 2.05) is 18.2 Å². The standard InChI is InChI=1S/C15H19ClO/c1-11(17)12-7-3-2-4-8-13(12)14-9-5-6-10-15(14)16/h5-6,9-10,12-13H,2-4,7-8H2,1H3. The van der Waals surface area contributed by atoms with E-state index < -0.39 is 0 Å². The first-order valence-electron chi connectivity index (χ1n) is 6.45. The van der Waals surface area contributed by atoms with Crippen molar-refractivity contribution in [1.29, 1.82) is 0 Å². The molecule has 2 heteroatoms. The Kier molecular flexibility index (Phi) is 4.22. The van der Waals surface area contributed by atoms with Gasteiger partial charge in [-0.2, -0.15) is 0 Å². The number of hydrogen-bond acceptors (Lipinski definition) is 1. The first-order valence-corrected chi connectivity index (χ1v) is 6.83. The van der Waals surface area contributed by atoms with Crippen molar-refractivity contribution in [1.82, 2.24) is 0 Å². The maximum absolute atomic E-state index is 11.8. The molecule has 1 aliphatic carbocycles. The summed E-state index contributed by atoms with van der Waals surface area (Å²) in [6.07, 6.45) is 5.73. The van der Waals surface area contributed by atoms with Crippen LogP contribution in [-0.2, 0) is 4.79 Å². The molecular weight excluding hydrogens is 232 g/mol. The van der Waals surface area contributed by atoms with Gasteiger partial charge in [-0.05, 0) is 37.3 Å². The van der Waals surface area contributed by atoms with Crippen molar-refractivity contribution in [3.8, 4) is 0 Å². The van der Waals surface area contributed by atoms with E-state index in [0.717, 1.165) is 23.4 Å². The van der Waals surface area contributed by atoms with Gasteiger partial charge in [0.05, 0.1) is 0 Å². The van der Waals surface area contributed by atoms with E-state index in [-0.39, 0.29) is 5.92 Å². The lowest BCUT2D eigenvalue weighted by atomic mass is 9.80. The van der Waals surface area contributed by atoms with Gasteiger partial charge in [0.1, 0.15) is 5.78 Å². The molecule has 1 aromatic rings. The molecule has 92 valence electrons. The van der Waals surface area contributed by atoms with Crippen LogP contribution in [-0.4, -0.2) is 5.78 Å². The molecule has 1 saturated carbocycles. The average Bonchev–Trinajstić information content (AvgIpc) is 2.55. The van der Waals surface area contributed by atoms with Gasteiger partial charge in [-0.15, -0.1) is 0 Å². The highest BCUT2D eigenvalue weighted by atomic mass is 35.5. The van der Waals surface area contributed by atoms with Crippen molar-refractivity contribution in [3.63, 3.8) is 0 Å². The molecule has 0 N–H and O–H groups in total. The number of carbonyl (C=O) groups excluding carboxylic acids is 1. The van der Waals surface area contributed by atoms with Gasteiger partial charge < -0.3 is 0 Å². The van der Waals surface area contributed by atoms with E-state index in [1.165, 1.54) is 19.3 Å². The molecule has 0 heterocycles. The summed E-state index contributed by atoms with van der Waals surface area (Å²) >= 11 is 6.27. The summed E-state index contributed by atoms with van der Waals surface area (Å²) in [5.41, 5.74) is 1.16. The number of rotatable bonds is 2. The zero-order valence-electron chi connectivity index (χ0n) is 10.3. The molecule has 0 aliphatic heterocycles. The Balaban J connectivity index is 2.32. The second kappa shape index (κ2) is 5.68. The van der Waals surface area contributed by atoms with E-state index in [2.05, 4.69) is 6.07 Å². The van der Waals surface area contributed by atoms with Crippen LogP contribution in [0.3, 0.4) is 0 Å². The Morgan fingerprint density at radius 3 is 2.59 bits per heavy atom. The molecule has 2 rings (SSSR count). The predicted molar refractivity (Wildman–Crippen MR) is 71.4 cm³/mol. The summed E-state index contributed by atoms with van der Waals surface area (Å²) in [4.78, 5) is 11.8. The summed E-state index contributed by atoms with van der Waals surface area (Å²) in [5.74, 6) is 0.804.